The van der Waals surface area contributed by atoms with Crippen LogP contribution in [0.15, 0.2) is 34.5 Å². The molecule has 0 spiro atoms. The molecule has 0 aliphatic carbocycles. The maximum Gasteiger partial charge on any atom is 0.181 e. The molecular formula is C11H11BrClN3S. The van der Waals surface area contributed by atoms with Gasteiger partial charge in [-0.15, -0.1) is 28.5 Å². The number of hydrogen-bond acceptors (Lipinski definition) is 3. The number of nitrogens with two attached hydrogens (primary N) is 1. The van der Waals surface area contributed by atoms with Gasteiger partial charge in [-0.25, -0.2) is 0 Å². The highest BCUT2D eigenvalue weighted by Gasteiger charge is 1.90. The monoisotopic (exact) mass is 331 g/mol. The van der Waals surface area contributed by atoms with Gasteiger partial charge in [-0.3, -0.25) is 0 Å². The lowest BCUT2D eigenvalue weighted by molar-refractivity contribution is 1.25. The number of halogens is 2. The predicted octanol–water partition coefficient (Wildman–Crippen LogP) is 2.93. The van der Waals surface area contributed by atoms with Gasteiger partial charge in [0.2, 0.25) is 0 Å². The van der Waals surface area contributed by atoms with Crippen LogP contribution in [0.3, 0.4) is 0 Å². The van der Waals surface area contributed by atoms with Crippen molar-refractivity contribution in [2.45, 2.75) is 0 Å². The van der Waals surface area contributed by atoms with Crippen LogP contribution in [-0.4, -0.2) is 17.1 Å². The van der Waals surface area contributed by atoms with E-state index in [0.29, 0.717) is 15.9 Å². The summed E-state index contributed by atoms with van der Waals surface area (Å²) in [4.78, 5) is 0. The highest BCUT2D eigenvalue weighted by molar-refractivity contribution is 8.93. The van der Waals surface area contributed by atoms with E-state index in [1.54, 1.807) is 18.3 Å². The summed E-state index contributed by atoms with van der Waals surface area (Å²) in [7, 11) is 0. The first kappa shape index (κ1) is 16.0. The Kier molecular flexibility index (Phi) is 8.60. The molecule has 0 aliphatic rings. The summed E-state index contributed by atoms with van der Waals surface area (Å²) in [5, 5.41) is 8.64. The summed E-state index contributed by atoms with van der Waals surface area (Å²) in [6, 6.07) is 7.24. The average Bonchev–Trinajstić information content (AvgIpc) is 2.29. The third-order valence-corrected chi connectivity index (χ3v) is 2.48. The number of benzene rings is 1. The molecule has 0 amide bonds. The van der Waals surface area contributed by atoms with Crippen LogP contribution in [0.4, 0.5) is 0 Å². The third-order valence-electron chi connectivity index (χ3n) is 1.54. The highest BCUT2D eigenvalue weighted by Crippen LogP contribution is 2.07. The van der Waals surface area contributed by atoms with Crippen LogP contribution in [0.1, 0.15) is 5.56 Å². The highest BCUT2D eigenvalue weighted by atomic mass is 79.9. The average molecular weight is 333 g/mol. The Morgan fingerprint density at radius 3 is 2.71 bits per heavy atom. The molecule has 2 N–H and O–H groups in total. The summed E-state index contributed by atoms with van der Waals surface area (Å²) in [6.07, 6.45) is 6.68. The zero-order chi connectivity index (χ0) is 11.8. The van der Waals surface area contributed by atoms with E-state index in [9.17, 15) is 0 Å². The van der Waals surface area contributed by atoms with E-state index in [1.807, 2.05) is 12.1 Å². The van der Waals surface area contributed by atoms with Gasteiger partial charge in [-0.05, 0) is 17.7 Å². The van der Waals surface area contributed by atoms with Crippen LogP contribution in [0.2, 0.25) is 5.02 Å². The van der Waals surface area contributed by atoms with E-state index >= 15 is 0 Å². The summed E-state index contributed by atoms with van der Waals surface area (Å²) in [5.41, 5.74) is 6.44. The van der Waals surface area contributed by atoms with Crippen LogP contribution >= 0.6 is 40.3 Å². The van der Waals surface area contributed by atoms with E-state index in [4.69, 9.17) is 23.8 Å². The molecule has 90 valence electrons. The first-order valence-electron chi connectivity index (χ1n) is 4.40. The number of hydrogen-bond donors (Lipinski definition) is 1. The Labute approximate surface area is 120 Å². The molecule has 1 rings (SSSR count). The van der Waals surface area contributed by atoms with Gasteiger partial charge in [-0.1, -0.05) is 41.4 Å². The van der Waals surface area contributed by atoms with Crippen molar-refractivity contribution in [3.05, 3.63) is 34.9 Å². The zero-order valence-electron chi connectivity index (χ0n) is 8.84. The van der Waals surface area contributed by atoms with Crippen molar-refractivity contribution in [2.24, 2.45) is 15.9 Å². The number of terminal acetylenes is 1. The zero-order valence-corrected chi connectivity index (χ0v) is 12.1. The first-order valence-corrected chi connectivity index (χ1v) is 5.77. The van der Waals surface area contributed by atoms with Gasteiger partial charge in [0.1, 0.15) is 0 Å². The maximum atomic E-state index is 5.74. The van der Waals surface area contributed by atoms with Crippen LogP contribution in [0.25, 0.3) is 0 Å². The largest absolute Gasteiger partial charge is 0.377 e. The fraction of sp³-hybridized carbons (Fsp3) is 0.0909. The van der Waals surface area contributed by atoms with E-state index in [2.05, 4.69) is 16.1 Å². The van der Waals surface area contributed by atoms with Gasteiger partial charge in [0.05, 0.1) is 12.0 Å². The second kappa shape index (κ2) is 9.11. The molecule has 0 unspecified atom stereocenters. The van der Waals surface area contributed by atoms with E-state index in [0.717, 1.165) is 5.56 Å². The van der Waals surface area contributed by atoms with Gasteiger partial charge >= 0.3 is 0 Å². The lowest BCUT2D eigenvalue weighted by Crippen LogP contribution is -2.05. The molecule has 17 heavy (non-hydrogen) atoms. The van der Waals surface area contributed by atoms with E-state index in [1.165, 1.54) is 11.8 Å². The van der Waals surface area contributed by atoms with Crippen molar-refractivity contribution in [2.75, 3.05) is 5.75 Å². The number of thioether (sulfide) groups is 1. The molecule has 1 aromatic rings. The molecule has 0 heterocycles. The topological polar surface area (TPSA) is 50.7 Å². The Morgan fingerprint density at radius 2 is 2.12 bits per heavy atom. The molecule has 3 nitrogen and oxygen atoms in total. The molecule has 0 saturated carbocycles. The Balaban J connectivity index is 0.00000256. The van der Waals surface area contributed by atoms with Crippen molar-refractivity contribution in [3.8, 4) is 12.3 Å². The molecule has 0 bridgehead atoms. The molecule has 0 fully saturated rings. The Morgan fingerprint density at radius 1 is 1.47 bits per heavy atom. The summed E-state index contributed by atoms with van der Waals surface area (Å²) in [5.74, 6) is 2.94. The normalized spacial score (nSPS) is 10.9. The SMILES string of the molecule is Br.C#CCS/C(N)=N/N=C/c1ccc(Cl)cc1. The van der Waals surface area contributed by atoms with Gasteiger partial charge in [0.15, 0.2) is 5.17 Å². The molecule has 0 aromatic heterocycles. The second-order valence-electron chi connectivity index (χ2n) is 2.73. The van der Waals surface area contributed by atoms with E-state index < -0.39 is 0 Å². The number of nitrogens with zero attached hydrogens (tertiary/aromatic N) is 2. The fourth-order valence-corrected chi connectivity index (χ4v) is 1.31. The maximum absolute atomic E-state index is 5.74. The van der Waals surface area contributed by atoms with Crippen molar-refractivity contribution < 1.29 is 0 Å². The van der Waals surface area contributed by atoms with Crippen molar-refractivity contribution in [3.63, 3.8) is 0 Å². The lowest BCUT2D eigenvalue weighted by atomic mass is 10.2. The molecule has 6 heteroatoms. The van der Waals surface area contributed by atoms with Gasteiger partial charge in [-0.2, -0.15) is 5.10 Å². The quantitative estimate of drug-likeness (QED) is 0.400. The predicted molar refractivity (Wildman–Crippen MR) is 82.3 cm³/mol. The van der Waals surface area contributed by atoms with Crippen LogP contribution in [0, 0.1) is 12.3 Å². The smallest absolute Gasteiger partial charge is 0.181 e. The van der Waals surface area contributed by atoms with Crippen LogP contribution in [-0.2, 0) is 0 Å². The Bertz CT molecular complexity index is 437. The molecular weight excluding hydrogens is 322 g/mol. The fourth-order valence-electron chi connectivity index (χ4n) is 0.846. The molecule has 0 radical (unpaired) electrons. The van der Waals surface area contributed by atoms with Crippen LogP contribution < -0.4 is 5.73 Å². The first-order chi connectivity index (χ1) is 7.72. The van der Waals surface area contributed by atoms with Gasteiger partial charge in [0.25, 0.3) is 0 Å². The van der Waals surface area contributed by atoms with Crippen molar-refractivity contribution in [1.29, 1.82) is 0 Å². The summed E-state index contributed by atoms with van der Waals surface area (Å²) >= 11 is 7.01. The second-order valence-corrected chi connectivity index (χ2v) is 4.16. The summed E-state index contributed by atoms with van der Waals surface area (Å²) < 4.78 is 0. The molecule has 0 aliphatic heterocycles. The summed E-state index contributed by atoms with van der Waals surface area (Å²) in [6.45, 7) is 0. The Hall–Kier alpha value is -0.960. The molecule has 0 atom stereocenters. The van der Waals surface area contributed by atoms with Gasteiger partial charge in [0, 0.05) is 5.02 Å². The minimum Gasteiger partial charge on any atom is -0.377 e. The van der Waals surface area contributed by atoms with Gasteiger partial charge < -0.3 is 5.73 Å². The number of amidine groups is 1. The standard InChI is InChI=1S/C11H10ClN3S.BrH/c1-2-7-16-11(13)15-14-8-9-3-5-10(12)6-4-9;/h1,3-6,8H,7H2,(H2,13,15);1H/b14-8+;. The van der Waals surface area contributed by atoms with Crippen LogP contribution in [0.5, 0.6) is 0 Å². The minimum absolute atomic E-state index is 0. The lowest BCUT2D eigenvalue weighted by Gasteiger charge is -1.93. The van der Waals surface area contributed by atoms with E-state index in [-0.39, 0.29) is 17.0 Å². The van der Waals surface area contributed by atoms with Crippen molar-refractivity contribution >= 4 is 51.7 Å². The number of rotatable bonds is 3. The van der Waals surface area contributed by atoms with Crippen molar-refractivity contribution in [1.82, 2.24) is 0 Å². The molecule has 0 saturated heterocycles. The molecule has 1 aromatic carbocycles. The third kappa shape index (κ3) is 7.05. The minimum atomic E-state index is 0.